The van der Waals surface area contributed by atoms with Gasteiger partial charge in [0.1, 0.15) is 0 Å². The van der Waals surface area contributed by atoms with Gasteiger partial charge in [-0.15, -0.1) is 0 Å². The third kappa shape index (κ3) is 4.15. The van der Waals surface area contributed by atoms with E-state index >= 15 is 0 Å². The average molecular weight is 291 g/mol. The van der Waals surface area contributed by atoms with Crippen LogP contribution < -0.4 is 10.6 Å². The molecule has 2 aromatic rings. The van der Waals surface area contributed by atoms with Crippen molar-refractivity contribution in [2.45, 2.75) is 20.3 Å². The Morgan fingerprint density at radius 3 is 2.43 bits per heavy atom. The Morgan fingerprint density at radius 1 is 1.05 bits per heavy atom. The van der Waals surface area contributed by atoms with E-state index in [2.05, 4.69) is 21.7 Å². The molecule has 2 rings (SSSR count). The number of aromatic nitrogens is 1. The molecule has 0 spiro atoms. The largest absolute Gasteiger partial charge is 0.368 e. The zero-order valence-electron chi connectivity index (χ0n) is 12.2. The second-order valence-electron chi connectivity index (χ2n) is 4.85. The molecule has 0 aliphatic carbocycles. The summed E-state index contributed by atoms with van der Waals surface area (Å²) in [7, 11) is 0. The Morgan fingerprint density at radius 2 is 1.76 bits per heavy atom. The third-order valence-corrected chi connectivity index (χ3v) is 3.06. The van der Waals surface area contributed by atoms with E-state index in [0.717, 1.165) is 18.1 Å². The van der Waals surface area contributed by atoms with E-state index < -0.39 is 11.6 Å². The Bertz CT molecular complexity index is 614. The summed E-state index contributed by atoms with van der Waals surface area (Å²) < 4.78 is 27.1. The number of anilines is 2. The smallest absolute Gasteiger partial charge is 0.168 e. The van der Waals surface area contributed by atoms with Crippen LogP contribution in [0.5, 0.6) is 0 Å². The highest BCUT2D eigenvalue weighted by atomic mass is 19.1. The van der Waals surface area contributed by atoms with E-state index in [9.17, 15) is 8.78 Å². The molecule has 0 saturated heterocycles. The van der Waals surface area contributed by atoms with E-state index in [1.54, 1.807) is 0 Å². The minimum atomic E-state index is -0.682. The normalized spacial score (nSPS) is 10.5. The average Bonchev–Trinajstić information content (AvgIpc) is 2.44. The summed E-state index contributed by atoms with van der Waals surface area (Å²) in [5, 5.41) is 5.68. The predicted molar refractivity (Wildman–Crippen MR) is 81.7 cm³/mol. The van der Waals surface area contributed by atoms with Gasteiger partial charge in [0.2, 0.25) is 0 Å². The number of benzene rings is 1. The van der Waals surface area contributed by atoms with Crippen LogP contribution in [0.2, 0.25) is 0 Å². The highest BCUT2D eigenvalue weighted by molar-refractivity contribution is 5.47. The molecule has 0 fully saturated rings. The molecule has 0 unspecified atom stereocenters. The van der Waals surface area contributed by atoms with Crippen LogP contribution in [0.15, 0.2) is 30.3 Å². The van der Waals surface area contributed by atoms with Crippen molar-refractivity contribution in [3.63, 3.8) is 0 Å². The van der Waals surface area contributed by atoms with Crippen LogP contribution in [0.3, 0.4) is 0 Å². The van der Waals surface area contributed by atoms with Crippen LogP contribution in [-0.2, 0) is 6.42 Å². The number of rotatable bonds is 6. The number of halogens is 2. The molecule has 0 bridgehead atoms. The first-order chi connectivity index (χ1) is 10.1. The van der Waals surface area contributed by atoms with Gasteiger partial charge in [-0.05, 0) is 25.8 Å². The van der Waals surface area contributed by atoms with E-state index in [1.807, 2.05) is 32.0 Å². The van der Waals surface area contributed by atoms with E-state index in [1.165, 1.54) is 5.56 Å². The number of hydrogen-bond acceptors (Lipinski definition) is 3. The Balaban J connectivity index is 2.01. The van der Waals surface area contributed by atoms with E-state index in [4.69, 9.17) is 0 Å². The van der Waals surface area contributed by atoms with Crippen molar-refractivity contribution in [1.82, 2.24) is 4.98 Å². The van der Waals surface area contributed by atoms with Gasteiger partial charge in [-0.3, -0.25) is 0 Å². The maximum atomic E-state index is 13.7. The molecule has 0 radical (unpaired) electrons. The van der Waals surface area contributed by atoms with Gasteiger partial charge in [-0.25, -0.2) is 13.8 Å². The summed E-state index contributed by atoms with van der Waals surface area (Å²) in [4.78, 5) is 3.94. The standard InChI is InChI=1S/C16H19F2N3/c1-3-19-15-13(17)10-14(18)16(21-15)20-8-7-12-6-4-5-11(2)9-12/h4-6,9-10H,3,7-8H2,1-2H3,(H2,19,20,21). The molecule has 1 aromatic carbocycles. The van der Waals surface area contributed by atoms with Gasteiger partial charge in [0.25, 0.3) is 0 Å². The molecule has 0 aliphatic heterocycles. The highest BCUT2D eigenvalue weighted by Gasteiger charge is 2.10. The number of pyridine rings is 1. The fourth-order valence-corrected chi connectivity index (χ4v) is 2.07. The predicted octanol–water partition coefficient (Wildman–Crippen LogP) is 3.75. The van der Waals surface area contributed by atoms with Crippen molar-refractivity contribution in [3.05, 3.63) is 53.1 Å². The molecule has 0 atom stereocenters. The van der Waals surface area contributed by atoms with E-state index in [-0.39, 0.29) is 11.6 Å². The molecular formula is C16H19F2N3. The van der Waals surface area contributed by atoms with Gasteiger partial charge in [0.05, 0.1) is 0 Å². The number of nitrogens with one attached hydrogen (secondary N) is 2. The quantitative estimate of drug-likeness (QED) is 0.851. The van der Waals surface area contributed by atoms with Crippen LogP contribution in [0.25, 0.3) is 0 Å². The van der Waals surface area contributed by atoms with Crippen molar-refractivity contribution >= 4 is 11.6 Å². The maximum absolute atomic E-state index is 13.7. The highest BCUT2D eigenvalue weighted by Crippen LogP contribution is 2.19. The van der Waals surface area contributed by atoms with Crippen molar-refractivity contribution in [1.29, 1.82) is 0 Å². The molecule has 2 N–H and O–H groups in total. The Labute approximate surface area is 123 Å². The topological polar surface area (TPSA) is 37.0 Å². The van der Waals surface area contributed by atoms with Crippen molar-refractivity contribution in [2.75, 3.05) is 23.7 Å². The second kappa shape index (κ2) is 7.02. The minimum absolute atomic E-state index is 0.0666. The Kier molecular flexibility index (Phi) is 5.09. The van der Waals surface area contributed by atoms with Crippen LogP contribution in [-0.4, -0.2) is 18.1 Å². The zero-order chi connectivity index (χ0) is 15.2. The van der Waals surface area contributed by atoms with Gasteiger partial charge in [0, 0.05) is 19.2 Å². The SMILES string of the molecule is CCNc1nc(NCCc2cccc(C)c2)c(F)cc1F. The molecule has 0 aliphatic rings. The fraction of sp³-hybridized carbons (Fsp3) is 0.312. The van der Waals surface area contributed by atoms with Crippen LogP contribution >= 0.6 is 0 Å². The monoisotopic (exact) mass is 291 g/mol. The molecule has 21 heavy (non-hydrogen) atoms. The summed E-state index contributed by atoms with van der Waals surface area (Å²) in [6.45, 7) is 4.92. The van der Waals surface area contributed by atoms with Crippen molar-refractivity contribution in [3.8, 4) is 0 Å². The van der Waals surface area contributed by atoms with Gasteiger partial charge >= 0.3 is 0 Å². The lowest BCUT2D eigenvalue weighted by Gasteiger charge is -2.10. The fourth-order valence-electron chi connectivity index (χ4n) is 2.07. The van der Waals surface area contributed by atoms with Crippen LogP contribution in [0, 0.1) is 18.6 Å². The third-order valence-electron chi connectivity index (χ3n) is 3.06. The first-order valence-corrected chi connectivity index (χ1v) is 6.99. The number of hydrogen-bond donors (Lipinski definition) is 2. The molecule has 112 valence electrons. The van der Waals surface area contributed by atoms with Gasteiger partial charge in [-0.2, -0.15) is 0 Å². The molecule has 3 nitrogen and oxygen atoms in total. The zero-order valence-corrected chi connectivity index (χ0v) is 12.2. The molecular weight excluding hydrogens is 272 g/mol. The molecule has 0 saturated carbocycles. The molecule has 0 amide bonds. The lowest BCUT2D eigenvalue weighted by atomic mass is 10.1. The van der Waals surface area contributed by atoms with E-state index in [0.29, 0.717) is 13.1 Å². The summed E-state index contributed by atoms with van der Waals surface area (Å²) >= 11 is 0. The Hall–Kier alpha value is -2.17. The summed E-state index contributed by atoms with van der Waals surface area (Å²) in [6.07, 6.45) is 0.747. The van der Waals surface area contributed by atoms with Crippen LogP contribution in [0.4, 0.5) is 20.4 Å². The number of nitrogens with zero attached hydrogens (tertiary/aromatic N) is 1. The number of aryl methyl sites for hydroxylation is 1. The molecule has 1 heterocycles. The van der Waals surface area contributed by atoms with Gasteiger partial charge in [0.15, 0.2) is 23.3 Å². The minimum Gasteiger partial charge on any atom is -0.368 e. The first-order valence-electron chi connectivity index (χ1n) is 6.99. The first kappa shape index (κ1) is 15.2. The lowest BCUT2D eigenvalue weighted by Crippen LogP contribution is -2.11. The summed E-state index contributed by atoms with van der Waals surface area (Å²) in [6, 6.07) is 8.97. The van der Waals surface area contributed by atoms with Gasteiger partial charge in [-0.1, -0.05) is 29.8 Å². The molecule has 1 aromatic heterocycles. The summed E-state index contributed by atoms with van der Waals surface area (Å²) in [5.41, 5.74) is 2.35. The molecule has 5 heteroatoms. The summed E-state index contributed by atoms with van der Waals surface area (Å²) in [5.74, 6) is -1.23. The van der Waals surface area contributed by atoms with Gasteiger partial charge < -0.3 is 10.6 Å². The van der Waals surface area contributed by atoms with Crippen LogP contribution in [0.1, 0.15) is 18.1 Å². The second-order valence-corrected chi connectivity index (χ2v) is 4.85. The lowest BCUT2D eigenvalue weighted by molar-refractivity contribution is 0.578. The van der Waals surface area contributed by atoms with Crippen molar-refractivity contribution in [2.24, 2.45) is 0 Å². The maximum Gasteiger partial charge on any atom is 0.168 e. The van der Waals surface area contributed by atoms with Crippen molar-refractivity contribution < 1.29 is 8.78 Å².